The van der Waals surface area contributed by atoms with Crippen molar-refractivity contribution >= 4 is 23.4 Å². The second-order valence-corrected chi connectivity index (χ2v) is 4.40. The van der Waals surface area contributed by atoms with Crippen LogP contribution in [-0.4, -0.2) is 21.1 Å². The van der Waals surface area contributed by atoms with E-state index in [1.807, 2.05) is 0 Å². The zero-order valence-electron chi connectivity index (χ0n) is 9.10. The second-order valence-electron chi connectivity index (χ2n) is 3.39. The minimum absolute atomic E-state index is 0.308. The van der Waals surface area contributed by atoms with Gasteiger partial charge in [0.2, 0.25) is 5.16 Å². The Morgan fingerprint density at radius 2 is 2.24 bits per heavy atom. The van der Waals surface area contributed by atoms with Gasteiger partial charge in [-0.15, -0.1) is 5.10 Å². The predicted molar refractivity (Wildman–Crippen MR) is 64.6 cm³/mol. The SMILES string of the molecule is Cc1nc(Sc2cccc(C(N)=O)c2N)n[nH]1. The van der Waals surface area contributed by atoms with Crippen LogP contribution in [0.4, 0.5) is 5.69 Å². The molecule has 88 valence electrons. The number of carbonyl (C=O) groups is 1. The Hall–Kier alpha value is -2.02. The number of aryl methyl sites for hydroxylation is 1. The van der Waals surface area contributed by atoms with E-state index in [0.29, 0.717) is 21.3 Å². The molecule has 2 aromatic rings. The van der Waals surface area contributed by atoms with Gasteiger partial charge in [0.15, 0.2) is 0 Å². The Labute approximate surface area is 102 Å². The molecule has 0 atom stereocenters. The molecule has 5 N–H and O–H groups in total. The summed E-state index contributed by atoms with van der Waals surface area (Å²) in [7, 11) is 0. The summed E-state index contributed by atoms with van der Waals surface area (Å²) in [5.74, 6) is 0.174. The third kappa shape index (κ3) is 2.39. The number of primary amides is 1. The fourth-order valence-corrected chi connectivity index (χ4v) is 2.15. The maximum atomic E-state index is 11.1. The number of carbonyl (C=O) groups excluding carboxylic acids is 1. The van der Waals surface area contributed by atoms with Gasteiger partial charge in [0.05, 0.1) is 11.3 Å². The molecule has 7 heteroatoms. The topological polar surface area (TPSA) is 111 Å². The minimum atomic E-state index is -0.545. The maximum Gasteiger partial charge on any atom is 0.250 e. The number of H-pyrrole nitrogens is 1. The maximum absolute atomic E-state index is 11.1. The van der Waals surface area contributed by atoms with Crippen LogP contribution < -0.4 is 11.5 Å². The molecule has 0 unspecified atom stereocenters. The lowest BCUT2D eigenvalue weighted by molar-refractivity contribution is 0.100. The first-order valence-corrected chi connectivity index (χ1v) is 5.64. The zero-order valence-corrected chi connectivity index (χ0v) is 9.91. The van der Waals surface area contributed by atoms with E-state index in [1.165, 1.54) is 11.8 Å². The molecule has 1 aromatic heterocycles. The summed E-state index contributed by atoms with van der Waals surface area (Å²) in [4.78, 5) is 16.0. The summed E-state index contributed by atoms with van der Waals surface area (Å²) in [5, 5.41) is 7.26. The lowest BCUT2D eigenvalue weighted by Gasteiger charge is -2.06. The average molecular weight is 249 g/mol. The van der Waals surface area contributed by atoms with Gasteiger partial charge in [-0.3, -0.25) is 9.89 Å². The number of nitrogen functional groups attached to an aromatic ring is 1. The normalized spacial score (nSPS) is 10.4. The van der Waals surface area contributed by atoms with Gasteiger partial charge >= 0.3 is 0 Å². The van der Waals surface area contributed by atoms with Crippen LogP contribution in [0, 0.1) is 6.92 Å². The van der Waals surface area contributed by atoms with E-state index in [-0.39, 0.29) is 0 Å². The van der Waals surface area contributed by atoms with Crippen molar-refractivity contribution in [1.29, 1.82) is 0 Å². The van der Waals surface area contributed by atoms with Crippen molar-refractivity contribution in [2.45, 2.75) is 17.0 Å². The standard InChI is InChI=1S/C10H11N5OS/c1-5-13-10(15-14-5)17-7-4-2-3-6(8(7)11)9(12)16/h2-4H,11H2,1H3,(H2,12,16)(H,13,14,15). The van der Waals surface area contributed by atoms with Crippen molar-refractivity contribution in [1.82, 2.24) is 15.2 Å². The summed E-state index contributed by atoms with van der Waals surface area (Å²) in [6.07, 6.45) is 0. The molecule has 2 rings (SSSR count). The summed E-state index contributed by atoms with van der Waals surface area (Å²) >= 11 is 1.28. The fourth-order valence-electron chi connectivity index (χ4n) is 1.31. The number of amides is 1. The Kier molecular flexibility index (Phi) is 3.01. The molecule has 17 heavy (non-hydrogen) atoms. The molecule has 0 aliphatic heterocycles. The van der Waals surface area contributed by atoms with Gasteiger partial charge in [-0.05, 0) is 30.8 Å². The summed E-state index contributed by atoms with van der Waals surface area (Å²) in [6.45, 7) is 1.81. The van der Waals surface area contributed by atoms with Gasteiger partial charge in [-0.2, -0.15) is 0 Å². The number of aromatic amines is 1. The molecule has 1 aromatic carbocycles. The van der Waals surface area contributed by atoms with Gasteiger partial charge in [0, 0.05) is 4.90 Å². The highest BCUT2D eigenvalue weighted by Gasteiger charge is 2.12. The molecule has 0 radical (unpaired) electrons. The van der Waals surface area contributed by atoms with E-state index >= 15 is 0 Å². The number of benzene rings is 1. The van der Waals surface area contributed by atoms with Crippen LogP contribution >= 0.6 is 11.8 Å². The molecule has 0 saturated heterocycles. The summed E-state index contributed by atoms with van der Waals surface area (Å²) in [5.41, 5.74) is 11.7. The highest BCUT2D eigenvalue weighted by molar-refractivity contribution is 7.99. The smallest absolute Gasteiger partial charge is 0.250 e. The molecule has 0 bridgehead atoms. The third-order valence-corrected chi connectivity index (χ3v) is 3.05. The largest absolute Gasteiger partial charge is 0.397 e. The van der Waals surface area contributed by atoms with Crippen molar-refractivity contribution in [3.63, 3.8) is 0 Å². The van der Waals surface area contributed by atoms with Crippen molar-refractivity contribution < 1.29 is 4.79 Å². The molecule has 1 amide bonds. The minimum Gasteiger partial charge on any atom is -0.397 e. The van der Waals surface area contributed by atoms with Gasteiger partial charge in [0.25, 0.3) is 5.91 Å². The van der Waals surface area contributed by atoms with Crippen LogP contribution in [0.3, 0.4) is 0 Å². The predicted octanol–water partition coefficient (Wildman–Crippen LogP) is 0.945. The van der Waals surface area contributed by atoms with Gasteiger partial charge in [0.1, 0.15) is 5.82 Å². The molecule has 0 aliphatic carbocycles. The Balaban J connectivity index is 2.33. The lowest BCUT2D eigenvalue weighted by Crippen LogP contribution is -2.13. The van der Waals surface area contributed by atoms with E-state index in [0.717, 1.165) is 5.82 Å². The van der Waals surface area contributed by atoms with Crippen molar-refractivity contribution in [2.75, 3.05) is 5.73 Å². The molecule has 1 heterocycles. The van der Waals surface area contributed by atoms with Gasteiger partial charge < -0.3 is 11.5 Å². The first kappa shape index (κ1) is 11.5. The van der Waals surface area contributed by atoms with E-state index in [4.69, 9.17) is 11.5 Å². The van der Waals surface area contributed by atoms with E-state index in [2.05, 4.69) is 15.2 Å². The van der Waals surface area contributed by atoms with E-state index in [1.54, 1.807) is 25.1 Å². The van der Waals surface area contributed by atoms with E-state index < -0.39 is 5.91 Å². The number of nitrogens with zero attached hydrogens (tertiary/aromatic N) is 2. The molecule has 0 spiro atoms. The molecule has 6 nitrogen and oxygen atoms in total. The number of hydrogen-bond donors (Lipinski definition) is 3. The number of nitrogens with one attached hydrogen (secondary N) is 1. The first-order valence-electron chi connectivity index (χ1n) is 4.83. The van der Waals surface area contributed by atoms with Crippen molar-refractivity contribution in [3.8, 4) is 0 Å². The number of para-hydroxylation sites is 1. The Morgan fingerprint density at radius 1 is 1.47 bits per heavy atom. The quantitative estimate of drug-likeness (QED) is 0.701. The van der Waals surface area contributed by atoms with Crippen LogP contribution in [-0.2, 0) is 0 Å². The summed E-state index contributed by atoms with van der Waals surface area (Å²) < 4.78 is 0. The van der Waals surface area contributed by atoms with Crippen LogP contribution in [0.25, 0.3) is 0 Å². The monoisotopic (exact) mass is 249 g/mol. The third-order valence-electron chi connectivity index (χ3n) is 2.11. The number of aromatic nitrogens is 3. The average Bonchev–Trinajstić information content (AvgIpc) is 2.67. The number of hydrogen-bond acceptors (Lipinski definition) is 5. The molecule has 0 fully saturated rings. The van der Waals surface area contributed by atoms with E-state index in [9.17, 15) is 4.79 Å². The number of nitrogens with two attached hydrogens (primary N) is 2. The van der Waals surface area contributed by atoms with Crippen molar-refractivity contribution in [3.05, 3.63) is 29.6 Å². The molecular weight excluding hydrogens is 238 g/mol. The Bertz CT molecular complexity index is 566. The molecule has 0 saturated carbocycles. The molecule has 0 aliphatic rings. The highest BCUT2D eigenvalue weighted by Crippen LogP contribution is 2.31. The second kappa shape index (κ2) is 4.46. The van der Waals surface area contributed by atoms with Gasteiger partial charge in [-0.25, -0.2) is 4.98 Å². The highest BCUT2D eigenvalue weighted by atomic mass is 32.2. The summed E-state index contributed by atoms with van der Waals surface area (Å²) in [6, 6.07) is 5.10. The number of rotatable bonds is 3. The van der Waals surface area contributed by atoms with Gasteiger partial charge in [-0.1, -0.05) is 6.07 Å². The van der Waals surface area contributed by atoms with Crippen LogP contribution in [0.1, 0.15) is 16.2 Å². The Morgan fingerprint density at radius 3 is 2.82 bits per heavy atom. The van der Waals surface area contributed by atoms with Crippen LogP contribution in [0.2, 0.25) is 0 Å². The van der Waals surface area contributed by atoms with Crippen molar-refractivity contribution in [2.24, 2.45) is 5.73 Å². The first-order chi connectivity index (χ1) is 8.08. The zero-order chi connectivity index (χ0) is 12.4. The van der Waals surface area contributed by atoms with Crippen LogP contribution in [0.5, 0.6) is 0 Å². The fraction of sp³-hybridized carbons (Fsp3) is 0.100. The lowest BCUT2D eigenvalue weighted by atomic mass is 10.2. The number of anilines is 1. The van der Waals surface area contributed by atoms with Crippen LogP contribution in [0.15, 0.2) is 28.3 Å². The molecular formula is C10H11N5OS.